The van der Waals surface area contributed by atoms with Crippen LogP contribution in [0.4, 0.5) is 4.79 Å². The minimum Gasteiger partial charge on any atom is -0.447 e. The Labute approximate surface area is 148 Å². The van der Waals surface area contributed by atoms with E-state index in [1.54, 1.807) is 0 Å². The lowest BCUT2D eigenvalue weighted by Gasteiger charge is -2.12. The van der Waals surface area contributed by atoms with E-state index in [1.165, 1.54) is 71.3 Å². The summed E-state index contributed by atoms with van der Waals surface area (Å²) in [6, 6.07) is 0. The van der Waals surface area contributed by atoms with Crippen molar-refractivity contribution < 1.29 is 19.4 Å². The van der Waals surface area contributed by atoms with Gasteiger partial charge in [0.1, 0.15) is 12.7 Å². The molecule has 1 unspecified atom stereocenters. The SMILES string of the molecule is CCCCCCCCCCCCCCNC(=O)OCC(CO)OC. The number of amides is 1. The van der Waals surface area contributed by atoms with E-state index in [2.05, 4.69) is 12.2 Å². The fourth-order valence-electron chi connectivity index (χ4n) is 2.57. The molecule has 1 amide bonds. The standard InChI is InChI=1S/C19H39NO4/c1-3-4-5-6-7-8-9-10-11-12-13-14-15-20-19(22)24-17-18(16-21)23-2/h18,21H,3-17H2,1-2H3,(H,20,22). The Hall–Kier alpha value is -0.810. The molecule has 0 aromatic rings. The summed E-state index contributed by atoms with van der Waals surface area (Å²) in [6.45, 7) is 2.83. The van der Waals surface area contributed by atoms with E-state index in [0.717, 1.165) is 12.8 Å². The van der Waals surface area contributed by atoms with Crippen LogP contribution in [0.2, 0.25) is 0 Å². The highest BCUT2D eigenvalue weighted by Crippen LogP contribution is 2.11. The van der Waals surface area contributed by atoms with Crippen LogP contribution in [-0.4, -0.2) is 44.2 Å². The van der Waals surface area contributed by atoms with Crippen LogP contribution in [0, 0.1) is 0 Å². The number of hydrogen-bond donors (Lipinski definition) is 2. The molecule has 0 aromatic carbocycles. The van der Waals surface area contributed by atoms with E-state index < -0.39 is 12.2 Å². The van der Waals surface area contributed by atoms with Crippen molar-refractivity contribution in [2.75, 3.05) is 26.9 Å². The van der Waals surface area contributed by atoms with Gasteiger partial charge in [0.15, 0.2) is 0 Å². The van der Waals surface area contributed by atoms with E-state index in [4.69, 9.17) is 14.6 Å². The number of carbonyl (C=O) groups excluding carboxylic acids is 1. The number of methoxy groups -OCH3 is 1. The van der Waals surface area contributed by atoms with Gasteiger partial charge in [-0.25, -0.2) is 4.79 Å². The van der Waals surface area contributed by atoms with Crippen LogP contribution in [0.15, 0.2) is 0 Å². The number of carbonyl (C=O) groups is 1. The van der Waals surface area contributed by atoms with Gasteiger partial charge in [-0.2, -0.15) is 0 Å². The lowest BCUT2D eigenvalue weighted by Crippen LogP contribution is -2.30. The van der Waals surface area contributed by atoms with Crippen molar-refractivity contribution in [3.63, 3.8) is 0 Å². The second-order valence-corrected chi connectivity index (χ2v) is 6.45. The molecule has 0 aliphatic rings. The van der Waals surface area contributed by atoms with Crippen LogP contribution in [0.5, 0.6) is 0 Å². The molecule has 24 heavy (non-hydrogen) atoms. The van der Waals surface area contributed by atoms with Gasteiger partial charge in [-0.1, -0.05) is 77.6 Å². The molecule has 144 valence electrons. The molecule has 0 fully saturated rings. The van der Waals surface area contributed by atoms with Crippen molar-refractivity contribution in [1.29, 1.82) is 0 Å². The number of ether oxygens (including phenoxy) is 2. The molecular formula is C19H39NO4. The number of rotatable bonds is 17. The molecular weight excluding hydrogens is 306 g/mol. The van der Waals surface area contributed by atoms with Crippen LogP contribution >= 0.6 is 0 Å². The van der Waals surface area contributed by atoms with Crippen LogP contribution in [0.25, 0.3) is 0 Å². The molecule has 0 aliphatic carbocycles. The molecule has 0 radical (unpaired) electrons. The number of alkyl carbamates (subject to hydrolysis) is 1. The van der Waals surface area contributed by atoms with Gasteiger partial charge in [-0.3, -0.25) is 0 Å². The maximum Gasteiger partial charge on any atom is 0.407 e. The van der Waals surface area contributed by atoms with Crippen LogP contribution in [0.1, 0.15) is 84.0 Å². The Kier molecular flexibility index (Phi) is 17.9. The Morgan fingerprint density at radius 1 is 0.917 bits per heavy atom. The number of hydrogen-bond acceptors (Lipinski definition) is 4. The molecule has 0 aromatic heterocycles. The summed E-state index contributed by atoms with van der Waals surface area (Å²) in [4.78, 5) is 11.4. The molecule has 2 N–H and O–H groups in total. The van der Waals surface area contributed by atoms with Crippen molar-refractivity contribution in [2.45, 2.75) is 90.1 Å². The van der Waals surface area contributed by atoms with Crippen molar-refractivity contribution in [1.82, 2.24) is 5.32 Å². The van der Waals surface area contributed by atoms with Gasteiger partial charge >= 0.3 is 6.09 Å². The van der Waals surface area contributed by atoms with Crippen molar-refractivity contribution in [3.05, 3.63) is 0 Å². The Balaban J connectivity index is 3.20. The van der Waals surface area contributed by atoms with E-state index in [1.807, 2.05) is 0 Å². The summed E-state index contributed by atoms with van der Waals surface area (Å²) in [5.74, 6) is 0. The topological polar surface area (TPSA) is 67.8 Å². The van der Waals surface area contributed by atoms with Crippen molar-refractivity contribution in [2.24, 2.45) is 0 Å². The average molecular weight is 346 g/mol. The van der Waals surface area contributed by atoms with E-state index in [0.29, 0.717) is 6.54 Å². The lowest BCUT2D eigenvalue weighted by atomic mass is 10.1. The molecule has 0 aliphatic heterocycles. The maximum absolute atomic E-state index is 11.4. The highest BCUT2D eigenvalue weighted by molar-refractivity contribution is 5.67. The first-order valence-electron chi connectivity index (χ1n) is 9.78. The van der Waals surface area contributed by atoms with Gasteiger partial charge in [0.2, 0.25) is 0 Å². The summed E-state index contributed by atoms with van der Waals surface area (Å²) in [6.07, 6.45) is 14.8. The van der Waals surface area contributed by atoms with Crippen molar-refractivity contribution in [3.8, 4) is 0 Å². The summed E-state index contributed by atoms with van der Waals surface area (Å²) in [7, 11) is 1.48. The monoisotopic (exact) mass is 345 g/mol. The first-order chi connectivity index (χ1) is 11.7. The smallest absolute Gasteiger partial charge is 0.407 e. The summed E-state index contributed by atoms with van der Waals surface area (Å²) < 4.78 is 9.88. The predicted octanol–water partition coefficient (Wildman–Crippen LogP) is 4.42. The Morgan fingerprint density at radius 3 is 1.88 bits per heavy atom. The molecule has 5 heteroatoms. The molecule has 0 heterocycles. The quantitative estimate of drug-likeness (QED) is 0.383. The van der Waals surface area contributed by atoms with Crippen LogP contribution in [-0.2, 0) is 9.47 Å². The number of unbranched alkanes of at least 4 members (excludes halogenated alkanes) is 11. The van der Waals surface area contributed by atoms with Gasteiger partial charge < -0.3 is 19.9 Å². The maximum atomic E-state index is 11.4. The van der Waals surface area contributed by atoms with Gasteiger partial charge in [0.25, 0.3) is 0 Å². The molecule has 5 nitrogen and oxygen atoms in total. The normalized spacial score (nSPS) is 12.1. The molecule has 0 spiro atoms. The number of aliphatic hydroxyl groups is 1. The van der Waals surface area contributed by atoms with Crippen LogP contribution < -0.4 is 5.32 Å². The minimum atomic E-state index is -0.442. The first kappa shape index (κ1) is 23.2. The van der Waals surface area contributed by atoms with Crippen molar-refractivity contribution >= 4 is 6.09 Å². The first-order valence-corrected chi connectivity index (χ1v) is 9.78. The highest BCUT2D eigenvalue weighted by Gasteiger charge is 2.08. The van der Waals surface area contributed by atoms with E-state index >= 15 is 0 Å². The highest BCUT2D eigenvalue weighted by atomic mass is 16.6. The number of aliphatic hydroxyl groups excluding tert-OH is 1. The molecule has 1 atom stereocenters. The summed E-state index contributed by atoms with van der Waals surface area (Å²) in [5, 5.41) is 11.6. The Morgan fingerprint density at radius 2 is 1.42 bits per heavy atom. The predicted molar refractivity (Wildman–Crippen MR) is 98.3 cm³/mol. The zero-order chi connectivity index (χ0) is 17.9. The van der Waals surface area contributed by atoms with E-state index in [-0.39, 0.29) is 13.2 Å². The minimum absolute atomic E-state index is 0.0806. The van der Waals surface area contributed by atoms with E-state index in [9.17, 15) is 4.79 Å². The van der Waals surface area contributed by atoms with Gasteiger partial charge in [-0.15, -0.1) is 0 Å². The molecule has 0 saturated carbocycles. The summed E-state index contributed by atoms with van der Waals surface area (Å²) >= 11 is 0. The number of nitrogens with one attached hydrogen (secondary N) is 1. The average Bonchev–Trinajstić information content (AvgIpc) is 2.60. The second-order valence-electron chi connectivity index (χ2n) is 6.45. The fourth-order valence-corrected chi connectivity index (χ4v) is 2.57. The van der Waals surface area contributed by atoms with Crippen LogP contribution in [0.3, 0.4) is 0 Å². The second kappa shape index (κ2) is 18.5. The zero-order valence-corrected chi connectivity index (χ0v) is 15.9. The Bertz CT molecular complexity index is 270. The summed E-state index contributed by atoms with van der Waals surface area (Å²) in [5.41, 5.74) is 0. The van der Waals surface area contributed by atoms with Gasteiger partial charge in [-0.05, 0) is 6.42 Å². The third-order valence-corrected chi connectivity index (χ3v) is 4.24. The largest absolute Gasteiger partial charge is 0.447 e. The zero-order valence-electron chi connectivity index (χ0n) is 15.9. The molecule has 0 rings (SSSR count). The lowest BCUT2D eigenvalue weighted by molar-refractivity contribution is 0.00177. The fraction of sp³-hybridized carbons (Fsp3) is 0.947. The van der Waals surface area contributed by atoms with Gasteiger partial charge in [0, 0.05) is 13.7 Å². The molecule has 0 saturated heterocycles. The third kappa shape index (κ3) is 16.1. The third-order valence-electron chi connectivity index (χ3n) is 4.24. The van der Waals surface area contributed by atoms with Gasteiger partial charge in [0.05, 0.1) is 6.61 Å². The molecule has 0 bridgehead atoms.